The minimum Gasteiger partial charge on any atom is -0.353 e. The van der Waals surface area contributed by atoms with Crippen molar-refractivity contribution in [1.29, 1.82) is 0 Å². The van der Waals surface area contributed by atoms with Crippen LogP contribution in [-0.4, -0.2) is 37.0 Å². The van der Waals surface area contributed by atoms with Gasteiger partial charge in [0, 0.05) is 12.0 Å². The Bertz CT molecular complexity index is 228. The van der Waals surface area contributed by atoms with E-state index < -0.39 is 0 Å². The summed E-state index contributed by atoms with van der Waals surface area (Å²) >= 11 is 0. The summed E-state index contributed by atoms with van der Waals surface area (Å²) in [5.74, 6) is 0.571. The first kappa shape index (κ1) is 11.9. The third-order valence-corrected chi connectivity index (χ3v) is 3.87. The monoisotopic (exact) mass is 223 g/mol. The van der Waals surface area contributed by atoms with Crippen molar-refractivity contribution in [3.05, 3.63) is 6.42 Å². The molecule has 2 aliphatic rings. The first-order valence-corrected chi connectivity index (χ1v) is 6.56. The molecule has 16 heavy (non-hydrogen) atoms. The zero-order chi connectivity index (χ0) is 11.4. The van der Waals surface area contributed by atoms with Gasteiger partial charge in [0.15, 0.2) is 0 Å². The minimum atomic E-state index is 0.266. The molecule has 1 saturated carbocycles. The van der Waals surface area contributed by atoms with Gasteiger partial charge in [-0.2, -0.15) is 0 Å². The summed E-state index contributed by atoms with van der Waals surface area (Å²) in [4.78, 5) is 14.3. The Hall–Kier alpha value is -0.570. The van der Waals surface area contributed by atoms with Gasteiger partial charge in [-0.3, -0.25) is 4.79 Å². The number of piperidine rings is 1. The first-order valence-electron chi connectivity index (χ1n) is 6.56. The Labute approximate surface area is 98.6 Å². The third kappa shape index (κ3) is 3.21. The Balaban J connectivity index is 1.74. The predicted octanol–water partition coefficient (Wildman–Crippen LogP) is 1.59. The van der Waals surface area contributed by atoms with E-state index in [1.165, 1.54) is 12.8 Å². The molecule has 1 aliphatic heterocycles. The molecule has 2 fully saturated rings. The molecule has 3 heteroatoms. The zero-order valence-electron chi connectivity index (χ0n) is 10.2. The van der Waals surface area contributed by atoms with Crippen molar-refractivity contribution < 1.29 is 4.79 Å². The molecule has 91 valence electrons. The number of nitrogens with zero attached hydrogens (tertiary/aromatic N) is 1. The van der Waals surface area contributed by atoms with Crippen molar-refractivity contribution in [1.82, 2.24) is 10.2 Å². The fourth-order valence-corrected chi connectivity index (χ4v) is 2.66. The van der Waals surface area contributed by atoms with E-state index in [0.29, 0.717) is 11.9 Å². The normalized spacial score (nSPS) is 25.6. The SMILES string of the molecule is CN1CCC(C(=O)NC2CC[CH]CC2)CC1. The van der Waals surface area contributed by atoms with E-state index in [1.807, 2.05) is 0 Å². The second kappa shape index (κ2) is 5.67. The Morgan fingerprint density at radius 2 is 1.81 bits per heavy atom. The van der Waals surface area contributed by atoms with Crippen LogP contribution in [0.5, 0.6) is 0 Å². The van der Waals surface area contributed by atoms with Gasteiger partial charge >= 0.3 is 0 Å². The fourth-order valence-electron chi connectivity index (χ4n) is 2.66. The molecule has 1 N–H and O–H groups in total. The fraction of sp³-hybridized carbons (Fsp3) is 0.846. The van der Waals surface area contributed by atoms with Crippen molar-refractivity contribution in [2.75, 3.05) is 20.1 Å². The van der Waals surface area contributed by atoms with Crippen LogP contribution in [0.25, 0.3) is 0 Å². The molecule has 0 atom stereocenters. The molecule has 1 saturated heterocycles. The first-order chi connectivity index (χ1) is 7.75. The van der Waals surface area contributed by atoms with Crippen molar-refractivity contribution in [3.63, 3.8) is 0 Å². The summed E-state index contributed by atoms with van der Waals surface area (Å²) < 4.78 is 0. The van der Waals surface area contributed by atoms with Crippen LogP contribution in [0.2, 0.25) is 0 Å². The maximum absolute atomic E-state index is 12.0. The van der Waals surface area contributed by atoms with E-state index >= 15 is 0 Å². The highest BCUT2D eigenvalue weighted by molar-refractivity contribution is 5.79. The highest BCUT2D eigenvalue weighted by Gasteiger charge is 2.25. The highest BCUT2D eigenvalue weighted by Crippen LogP contribution is 2.20. The molecule has 0 aromatic rings. The smallest absolute Gasteiger partial charge is 0.223 e. The number of carbonyl (C=O) groups is 1. The molecule has 0 spiro atoms. The van der Waals surface area contributed by atoms with Crippen molar-refractivity contribution in [2.24, 2.45) is 5.92 Å². The molecular weight excluding hydrogens is 200 g/mol. The highest BCUT2D eigenvalue weighted by atomic mass is 16.1. The summed E-state index contributed by atoms with van der Waals surface area (Å²) in [7, 11) is 2.13. The molecule has 1 amide bonds. The molecule has 3 nitrogen and oxygen atoms in total. The Morgan fingerprint density at radius 3 is 2.44 bits per heavy atom. The van der Waals surface area contributed by atoms with Crippen LogP contribution in [0.3, 0.4) is 0 Å². The number of rotatable bonds is 2. The number of likely N-dealkylation sites (tertiary alicyclic amines) is 1. The molecule has 0 bridgehead atoms. The Morgan fingerprint density at radius 1 is 1.19 bits per heavy atom. The minimum absolute atomic E-state index is 0.266. The molecule has 0 aromatic heterocycles. The van der Waals surface area contributed by atoms with Gasteiger partial charge in [0.25, 0.3) is 0 Å². The van der Waals surface area contributed by atoms with Crippen LogP contribution in [-0.2, 0) is 4.79 Å². The average molecular weight is 223 g/mol. The number of hydrogen-bond acceptors (Lipinski definition) is 2. The molecule has 1 aliphatic carbocycles. The lowest BCUT2D eigenvalue weighted by molar-refractivity contribution is -0.127. The summed E-state index contributed by atoms with van der Waals surface area (Å²) in [5, 5.41) is 3.23. The largest absolute Gasteiger partial charge is 0.353 e. The van der Waals surface area contributed by atoms with Crippen molar-refractivity contribution in [2.45, 2.75) is 44.6 Å². The van der Waals surface area contributed by atoms with Crippen LogP contribution < -0.4 is 5.32 Å². The second-order valence-corrected chi connectivity index (χ2v) is 5.23. The summed E-state index contributed by atoms with van der Waals surface area (Å²) in [6.07, 6.45) is 8.99. The van der Waals surface area contributed by atoms with E-state index in [4.69, 9.17) is 0 Å². The number of carbonyl (C=O) groups excluding carboxylic acids is 1. The Kier molecular flexibility index (Phi) is 4.22. The van der Waals surface area contributed by atoms with Crippen molar-refractivity contribution >= 4 is 5.91 Å². The van der Waals surface area contributed by atoms with Crippen LogP contribution in [0.1, 0.15) is 38.5 Å². The van der Waals surface area contributed by atoms with Gasteiger partial charge in [-0.1, -0.05) is 0 Å². The molecule has 0 aromatic carbocycles. The molecule has 0 unspecified atom stereocenters. The third-order valence-electron chi connectivity index (χ3n) is 3.87. The standard InChI is InChI=1S/C13H23N2O/c1-15-9-7-11(8-10-15)13(16)14-12-5-3-2-4-6-12/h2,11-12H,3-10H2,1H3,(H,14,16). The van der Waals surface area contributed by atoms with Gasteiger partial charge in [0.05, 0.1) is 0 Å². The van der Waals surface area contributed by atoms with Crippen LogP contribution in [0.15, 0.2) is 0 Å². The average Bonchev–Trinajstić information content (AvgIpc) is 2.31. The topological polar surface area (TPSA) is 32.3 Å². The lowest BCUT2D eigenvalue weighted by atomic mass is 9.92. The van der Waals surface area contributed by atoms with Gasteiger partial charge in [-0.25, -0.2) is 0 Å². The van der Waals surface area contributed by atoms with Gasteiger partial charge in [0.2, 0.25) is 5.91 Å². The lowest BCUT2D eigenvalue weighted by Gasteiger charge is -2.30. The summed E-state index contributed by atoms with van der Waals surface area (Å²) in [6.45, 7) is 2.13. The van der Waals surface area contributed by atoms with Gasteiger partial charge < -0.3 is 10.2 Å². The summed E-state index contributed by atoms with van der Waals surface area (Å²) in [6, 6.07) is 0.442. The summed E-state index contributed by atoms with van der Waals surface area (Å²) in [5.41, 5.74) is 0. The lowest BCUT2D eigenvalue weighted by Crippen LogP contribution is -2.43. The van der Waals surface area contributed by atoms with E-state index in [0.717, 1.165) is 38.8 Å². The molecular formula is C13H23N2O. The van der Waals surface area contributed by atoms with Gasteiger partial charge in [-0.15, -0.1) is 0 Å². The quantitative estimate of drug-likeness (QED) is 0.771. The second-order valence-electron chi connectivity index (χ2n) is 5.23. The molecule has 1 heterocycles. The number of hydrogen-bond donors (Lipinski definition) is 1. The van der Waals surface area contributed by atoms with Gasteiger partial charge in [-0.05, 0) is 65.1 Å². The van der Waals surface area contributed by atoms with E-state index in [-0.39, 0.29) is 5.92 Å². The van der Waals surface area contributed by atoms with E-state index in [1.54, 1.807) is 0 Å². The molecule has 1 radical (unpaired) electrons. The van der Waals surface area contributed by atoms with Crippen LogP contribution >= 0.6 is 0 Å². The number of nitrogens with one attached hydrogen (secondary N) is 1. The maximum Gasteiger partial charge on any atom is 0.223 e. The van der Waals surface area contributed by atoms with Crippen LogP contribution in [0, 0.1) is 12.3 Å². The maximum atomic E-state index is 12.0. The van der Waals surface area contributed by atoms with Crippen LogP contribution in [0.4, 0.5) is 0 Å². The van der Waals surface area contributed by atoms with E-state index in [2.05, 4.69) is 23.7 Å². The number of amides is 1. The zero-order valence-corrected chi connectivity index (χ0v) is 10.2. The van der Waals surface area contributed by atoms with E-state index in [9.17, 15) is 4.79 Å². The molecule has 2 rings (SSSR count). The van der Waals surface area contributed by atoms with Crippen molar-refractivity contribution in [3.8, 4) is 0 Å². The van der Waals surface area contributed by atoms with Gasteiger partial charge in [0.1, 0.15) is 0 Å². The predicted molar refractivity (Wildman–Crippen MR) is 64.9 cm³/mol.